The van der Waals surface area contributed by atoms with Gasteiger partial charge in [0, 0.05) is 7.05 Å². The lowest BCUT2D eigenvalue weighted by Gasteiger charge is -2.43. The predicted octanol–water partition coefficient (Wildman–Crippen LogP) is 5.23. The fourth-order valence-electron chi connectivity index (χ4n) is 4.23. The summed E-state index contributed by atoms with van der Waals surface area (Å²) in [6, 6.07) is 4.83. The van der Waals surface area contributed by atoms with Crippen LogP contribution in [0, 0.1) is 18.3 Å². The van der Waals surface area contributed by atoms with Crippen LogP contribution in [-0.4, -0.2) is 43.8 Å². The number of benzene rings is 1. The van der Waals surface area contributed by atoms with Gasteiger partial charge in [-0.1, -0.05) is 32.4 Å². The predicted molar refractivity (Wildman–Crippen MR) is 120 cm³/mol. The zero-order valence-electron chi connectivity index (χ0n) is 18.8. The molecule has 1 aromatic rings. The summed E-state index contributed by atoms with van der Waals surface area (Å²) in [5, 5.41) is 9.48. The number of carbonyl (C=O) groups is 2. The van der Waals surface area contributed by atoms with E-state index in [1.165, 1.54) is 4.90 Å². The van der Waals surface area contributed by atoms with Crippen molar-refractivity contribution in [1.82, 2.24) is 4.90 Å². The summed E-state index contributed by atoms with van der Waals surface area (Å²) in [5.41, 5.74) is 0.290. The molecule has 2 aliphatic rings. The second kappa shape index (κ2) is 7.36. The van der Waals surface area contributed by atoms with Crippen molar-refractivity contribution in [2.45, 2.75) is 76.7 Å². The molecular formula is C22H30ClN3O3Si. The Morgan fingerprint density at radius 3 is 2.50 bits per heavy atom. The van der Waals surface area contributed by atoms with E-state index in [2.05, 4.69) is 33.9 Å². The van der Waals surface area contributed by atoms with Gasteiger partial charge < -0.3 is 9.33 Å². The van der Waals surface area contributed by atoms with Crippen LogP contribution in [0.4, 0.5) is 10.5 Å². The molecule has 0 radical (unpaired) electrons. The summed E-state index contributed by atoms with van der Waals surface area (Å²) in [4.78, 5) is 29.9. The number of rotatable bonds is 3. The highest BCUT2D eigenvalue weighted by molar-refractivity contribution is 6.74. The first-order valence-electron chi connectivity index (χ1n) is 10.3. The first kappa shape index (κ1) is 22.8. The Labute approximate surface area is 184 Å². The monoisotopic (exact) mass is 447 g/mol. The van der Waals surface area contributed by atoms with Crippen molar-refractivity contribution in [2.24, 2.45) is 0 Å². The van der Waals surface area contributed by atoms with Gasteiger partial charge in [-0.2, -0.15) is 5.26 Å². The molecule has 1 saturated heterocycles. The molecule has 3 rings (SSSR count). The molecule has 1 aliphatic heterocycles. The molecule has 2 atom stereocenters. The van der Waals surface area contributed by atoms with Gasteiger partial charge in [-0.25, -0.2) is 9.69 Å². The number of hydrogen-bond donors (Lipinski definition) is 0. The number of hydrogen-bond acceptors (Lipinski definition) is 4. The van der Waals surface area contributed by atoms with Gasteiger partial charge >= 0.3 is 6.03 Å². The summed E-state index contributed by atoms with van der Waals surface area (Å²) in [6.45, 7) is 12.6. The zero-order chi connectivity index (χ0) is 22.6. The van der Waals surface area contributed by atoms with E-state index in [1.54, 1.807) is 31.0 Å². The third-order valence-electron chi connectivity index (χ3n) is 7.17. The van der Waals surface area contributed by atoms with E-state index in [0.29, 0.717) is 23.2 Å². The Morgan fingerprint density at radius 1 is 1.30 bits per heavy atom. The molecular weight excluding hydrogens is 418 g/mol. The van der Waals surface area contributed by atoms with Crippen molar-refractivity contribution in [1.29, 1.82) is 5.26 Å². The summed E-state index contributed by atoms with van der Waals surface area (Å²) in [6.07, 6.45) is 1.81. The van der Waals surface area contributed by atoms with Gasteiger partial charge in [0.05, 0.1) is 22.4 Å². The maximum atomic E-state index is 13.8. The maximum Gasteiger partial charge on any atom is 0.332 e. The largest absolute Gasteiger partial charge is 0.411 e. The second-order valence-electron chi connectivity index (χ2n) is 9.85. The van der Waals surface area contributed by atoms with E-state index in [0.717, 1.165) is 12.8 Å². The number of halogens is 1. The lowest BCUT2D eigenvalue weighted by molar-refractivity contribution is -0.128. The molecule has 162 valence electrons. The van der Waals surface area contributed by atoms with Gasteiger partial charge in [-0.05, 0) is 62.0 Å². The van der Waals surface area contributed by atoms with E-state index in [4.69, 9.17) is 16.0 Å². The zero-order valence-corrected chi connectivity index (χ0v) is 20.6. The van der Waals surface area contributed by atoms with Crippen LogP contribution in [0.2, 0.25) is 23.2 Å². The normalized spacial score (nSPS) is 24.8. The quantitative estimate of drug-likeness (QED) is 0.469. The van der Waals surface area contributed by atoms with Crippen LogP contribution in [-0.2, 0) is 9.22 Å². The summed E-state index contributed by atoms with van der Waals surface area (Å²) in [7, 11) is -0.455. The van der Waals surface area contributed by atoms with E-state index >= 15 is 0 Å². The molecule has 8 heteroatoms. The van der Waals surface area contributed by atoms with Gasteiger partial charge in [-0.15, -0.1) is 0 Å². The standard InChI is InChI=1S/C22H30ClN3O3Si/c1-14-16(11-10-15(13-24)18(14)23)26-19(27)22(25(5)20(26)28)12-8-9-17(22)29-30(6,7)21(2,3)4/h10-11,17H,8-9,12H2,1-7H3/t17-,22+/m0/s1. The molecule has 0 bridgehead atoms. The Morgan fingerprint density at radius 2 is 1.93 bits per heavy atom. The topological polar surface area (TPSA) is 73.6 Å². The smallest absolute Gasteiger partial charge is 0.332 e. The van der Waals surface area contributed by atoms with Crippen LogP contribution in [0.15, 0.2) is 12.1 Å². The molecule has 2 fully saturated rings. The molecule has 1 spiro atoms. The Balaban J connectivity index is 2.05. The van der Waals surface area contributed by atoms with Gasteiger partial charge in [0.2, 0.25) is 0 Å². The summed E-state index contributed by atoms with van der Waals surface area (Å²) >= 11 is 6.32. The first-order valence-corrected chi connectivity index (χ1v) is 13.6. The van der Waals surface area contributed by atoms with Gasteiger partial charge in [0.1, 0.15) is 11.6 Å². The van der Waals surface area contributed by atoms with Crippen molar-refractivity contribution < 1.29 is 14.0 Å². The van der Waals surface area contributed by atoms with Crippen molar-refractivity contribution >= 4 is 37.5 Å². The average Bonchev–Trinajstić information content (AvgIpc) is 3.14. The number of likely N-dealkylation sites (N-methyl/N-ethyl adjacent to an activating group) is 1. The second-order valence-corrected chi connectivity index (χ2v) is 15.0. The number of nitriles is 1. The molecule has 3 amide bonds. The van der Waals surface area contributed by atoms with Gasteiger partial charge in [-0.3, -0.25) is 4.79 Å². The Hall–Kier alpha value is -1.88. The van der Waals surface area contributed by atoms with Crippen LogP contribution < -0.4 is 4.90 Å². The number of urea groups is 1. The highest BCUT2D eigenvalue weighted by Crippen LogP contribution is 2.48. The maximum absolute atomic E-state index is 13.8. The lowest BCUT2D eigenvalue weighted by atomic mass is 9.93. The van der Waals surface area contributed by atoms with Crippen LogP contribution in [0.1, 0.15) is 51.2 Å². The first-order chi connectivity index (χ1) is 13.8. The van der Waals surface area contributed by atoms with Crippen LogP contribution in [0.3, 0.4) is 0 Å². The van der Waals surface area contributed by atoms with E-state index in [1.807, 2.05) is 6.07 Å². The van der Waals surface area contributed by atoms with E-state index < -0.39 is 13.9 Å². The minimum Gasteiger partial charge on any atom is -0.411 e. The minimum atomic E-state index is -2.14. The third-order valence-corrected chi connectivity index (χ3v) is 12.1. The van der Waals surface area contributed by atoms with Crippen LogP contribution in [0.25, 0.3) is 0 Å². The molecule has 1 aromatic carbocycles. The highest BCUT2D eigenvalue weighted by atomic mass is 35.5. The van der Waals surface area contributed by atoms with E-state index in [9.17, 15) is 14.9 Å². The molecule has 30 heavy (non-hydrogen) atoms. The molecule has 6 nitrogen and oxygen atoms in total. The lowest BCUT2D eigenvalue weighted by Crippen LogP contribution is -2.58. The van der Waals surface area contributed by atoms with Crippen molar-refractivity contribution in [2.75, 3.05) is 11.9 Å². The Kier molecular flexibility index (Phi) is 5.60. The van der Waals surface area contributed by atoms with Crippen molar-refractivity contribution in [3.05, 3.63) is 28.3 Å². The number of nitrogens with zero attached hydrogens (tertiary/aromatic N) is 3. The van der Waals surface area contributed by atoms with Crippen LogP contribution in [0.5, 0.6) is 0 Å². The molecule has 0 N–H and O–H groups in total. The molecule has 0 unspecified atom stereocenters. The number of carbonyl (C=O) groups excluding carboxylic acids is 2. The van der Waals surface area contributed by atoms with Gasteiger partial charge in [0.25, 0.3) is 5.91 Å². The number of imide groups is 1. The van der Waals surface area contributed by atoms with Crippen LogP contribution >= 0.6 is 11.6 Å². The fourth-order valence-corrected chi connectivity index (χ4v) is 5.81. The van der Waals surface area contributed by atoms with Gasteiger partial charge in [0.15, 0.2) is 8.32 Å². The molecule has 0 aromatic heterocycles. The van der Waals surface area contributed by atoms with Crippen molar-refractivity contribution in [3.63, 3.8) is 0 Å². The van der Waals surface area contributed by atoms with Crippen molar-refractivity contribution in [3.8, 4) is 6.07 Å². The highest BCUT2D eigenvalue weighted by Gasteiger charge is 2.64. The summed E-state index contributed by atoms with van der Waals surface area (Å²) < 4.78 is 6.69. The molecule has 1 heterocycles. The molecule has 1 saturated carbocycles. The Bertz CT molecular complexity index is 950. The number of anilines is 1. The average molecular weight is 448 g/mol. The molecule has 1 aliphatic carbocycles. The third kappa shape index (κ3) is 3.17. The minimum absolute atomic E-state index is 0.00205. The summed E-state index contributed by atoms with van der Waals surface area (Å²) in [5.74, 6) is -0.264. The van der Waals surface area contributed by atoms with E-state index in [-0.39, 0.29) is 28.1 Å². The number of amides is 3. The fraction of sp³-hybridized carbons (Fsp3) is 0.591. The SMILES string of the molecule is Cc1c(N2C(=O)N(C)[C@@]3(CCC[C@@H]3O[Si](C)(C)C(C)(C)C)C2=O)ccc(C#N)c1Cl.